The summed E-state index contributed by atoms with van der Waals surface area (Å²) >= 11 is 0. The van der Waals surface area contributed by atoms with Gasteiger partial charge in [0.15, 0.2) is 6.61 Å². The molecule has 5 nitrogen and oxygen atoms in total. The molecular formula is C29H22F2N2O3. The highest BCUT2D eigenvalue weighted by molar-refractivity contribution is 6.07. The lowest BCUT2D eigenvalue weighted by Gasteiger charge is -2.22. The Labute approximate surface area is 206 Å². The maximum atomic E-state index is 13.4. The first-order chi connectivity index (χ1) is 17.5. The molecule has 0 saturated heterocycles. The van der Waals surface area contributed by atoms with Gasteiger partial charge in [0.05, 0.1) is 16.8 Å². The van der Waals surface area contributed by atoms with Gasteiger partial charge in [-0.1, -0.05) is 36.4 Å². The minimum absolute atomic E-state index is 0.276. The van der Waals surface area contributed by atoms with Gasteiger partial charge in [0.1, 0.15) is 11.6 Å². The van der Waals surface area contributed by atoms with Crippen molar-refractivity contribution in [2.45, 2.75) is 19.3 Å². The number of aromatic nitrogens is 1. The number of hydrogen-bond acceptors (Lipinski definition) is 4. The fraction of sp³-hybridized carbons (Fsp3) is 0.138. The van der Waals surface area contributed by atoms with Crippen LogP contribution < -0.4 is 5.32 Å². The van der Waals surface area contributed by atoms with Gasteiger partial charge in [0, 0.05) is 11.1 Å². The Bertz CT molecular complexity index is 1500. The van der Waals surface area contributed by atoms with Crippen molar-refractivity contribution in [1.29, 1.82) is 0 Å². The Balaban J connectivity index is 1.46. The molecular weight excluding hydrogens is 462 g/mol. The molecule has 180 valence electrons. The molecule has 0 saturated carbocycles. The van der Waals surface area contributed by atoms with Crippen LogP contribution in [0.5, 0.6) is 0 Å². The summed E-state index contributed by atoms with van der Waals surface area (Å²) < 4.78 is 32.1. The van der Waals surface area contributed by atoms with Gasteiger partial charge in [-0.15, -0.1) is 0 Å². The molecule has 1 aliphatic rings. The molecule has 1 heterocycles. The number of allylic oxidation sites excluding steroid dienone is 1. The summed E-state index contributed by atoms with van der Waals surface area (Å²) in [4.78, 5) is 30.5. The summed E-state index contributed by atoms with van der Waals surface area (Å²) in [6.07, 6.45) is 4.16. The third-order valence-corrected chi connectivity index (χ3v) is 6.03. The van der Waals surface area contributed by atoms with Crippen LogP contribution in [0.2, 0.25) is 0 Å². The number of pyridine rings is 1. The molecule has 1 N–H and O–H groups in total. The summed E-state index contributed by atoms with van der Waals surface area (Å²) in [7, 11) is 0. The summed E-state index contributed by atoms with van der Waals surface area (Å²) in [5.41, 5.74) is 4.57. The first kappa shape index (κ1) is 23.4. The van der Waals surface area contributed by atoms with Crippen LogP contribution in [0.4, 0.5) is 14.5 Å². The number of anilines is 1. The highest BCUT2D eigenvalue weighted by Gasteiger charge is 2.26. The predicted octanol–water partition coefficient (Wildman–Crippen LogP) is 6.19. The molecule has 5 rings (SSSR count). The lowest BCUT2D eigenvalue weighted by molar-refractivity contribution is -0.119. The standard InChI is InChI=1S/C29H22F2N2O3/c30-20-13-11-18(12-14-20)15-19-5-3-9-24-27(23-8-1-2-10-25(23)33-28(19)24)29(35)36-17-26(34)32-22-7-4-6-21(31)16-22/h1-2,4,6-8,10-16H,3,5,9,17H2,(H,32,34). The number of rotatable bonds is 5. The van der Waals surface area contributed by atoms with Crippen LogP contribution in [0.3, 0.4) is 0 Å². The van der Waals surface area contributed by atoms with E-state index in [9.17, 15) is 18.4 Å². The average Bonchev–Trinajstić information content (AvgIpc) is 2.87. The molecule has 0 atom stereocenters. The van der Waals surface area contributed by atoms with Crippen LogP contribution in [0.25, 0.3) is 22.6 Å². The molecule has 1 amide bonds. The second-order valence-corrected chi connectivity index (χ2v) is 8.54. The molecule has 0 radical (unpaired) electrons. The molecule has 1 aliphatic carbocycles. The van der Waals surface area contributed by atoms with Crippen LogP contribution in [0.15, 0.2) is 72.8 Å². The van der Waals surface area contributed by atoms with Gasteiger partial charge >= 0.3 is 5.97 Å². The van der Waals surface area contributed by atoms with E-state index in [0.29, 0.717) is 28.6 Å². The van der Waals surface area contributed by atoms with E-state index in [1.54, 1.807) is 18.2 Å². The second-order valence-electron chi connectivity index (χ2n) is 8.54. The largest absolute Gasteiger partial charge is 0.452 e. The van der Waals surface area contributed by atoms with E-state index in [2.05, 4.69) is 5.32 Å². The number of amides is 1. The molecule has 1 aromatic heterocycles. The number of fused-ring (bicyclic) bond motifs is 2. The molecule has 36 heavy (non-hydrogen) atoms. The van der Waals surface area contributed by atoms with Gasteiger partial charge in [-0.3, -0.25) is 4.79 Å². The van der Waals surface area contributed by atoms with Crippen molar-refractivity contribution in [3.05, 3.63) is 107 Å². The van der Waals surface area contributed by atoms with Crippen molar-refractivity contribution >= 4 is 40.1 Å². The normalized spacial score (nSPS) is 13.9. The van der Waals surface area contributed by atoms with E-state index >= 15 is 0 Å². The SMILES string of the molecule is O=C(COC(=O)c1c2c(nc3ccccc13)C(=Cc1ccc(F)cc1)CCC2)Nc1cccc(F)c1. The number of hydrogen-bond donors (Lipinski definition) is 1. The Morgan fingerprint density at radius 1 is 0.944 bits per heavy atom. The predicted molar refractivity (Wildman–Crippen MR) is 134 cm³/mol. The van der Waals surface area contributed by atoms with E-state index in [1.807, 2.05) is 30.3 Å². The fourth-order valence-electron chi connectivity index (χ4n) is 4.43. The molecule has 7 heteroatoms. The summed E-state index contributed by atoms with van der Waals surface area (Å²) in [5.74, 6) is -1.98. The van der Waals surface area contributed by atoms with Crippen molar-refractivity contribution in [2.24, 2.45) is 0 Å². The maximum absolute atomic E-state index is 13.4. The van der Waals surface area contributed by atoms with Crippen molar-refractivity contribution in [2.75, 3.05) is 11.9 Å². The van der Waals surface area contributed by atoms with Gasteiger partial charge in [-0.2, -0.15) is 0 Å². The zero-order valence-electron chi connectivity index (χ0n) is 19.3. The third kappa shape index (κ3) is 5.00. The van der Waals surface area contributed by atoms with Gasteiger partial charge < -0.3 is 10.1 Å². The second kappa shape index (κ2) is 10.1. The van der Waals surface area contributed by atoms with E-state index in [4.69, 9.17) is 9.72 Å². The Hall–Kier alpha value is -4.39. The summed E-state index contributed by atoms with van der Waals surface area (Å²) in [6, 6.07) is 19.0. The smallest absolute Gasteiger partial charge is 0.339 e. The first-order valence-corrected chi connectivity index (χ1v) is 11.6. The summed E-state index contributed by atoms with van der Waals surface area (Å²) in [6.45, 7) is -0.515. The minimum Gasteiger partial charge on any atom is -0.452 e. The average molecular weight is 485 g/mol. The van der Waals surface area contributed by atoms with Crippen LogP contribution in [0.1, 0.15) is 40.0 Å². The highest BCUT2D eigenvalue weighted by Crippen LogP contribution is 2.36. The van der Waals surface area contributed by atoms with E-state index in [-0.39, 0.29) is 11.5 Å². The zero-order chi connectivity index (χ0) is 25.1. The molecule has 0 unspecified atom stereocenters. The molecule has 3 aromatic carbocycles. The monoisotopic (exact) mass is 484 g/mol. The highest BCUT2D eigenvalue weighted by atomic mass is 19.1. The Morgan fingerprint density at radius 2 is 1.75 bits per heavy atom. The van der Waals surface area contributed by atoms with E-state index in [0.717, 1.165) is 29.5 Å². The van der Waals surface area contributed by atoms with E-state index < -0.39 is 24.3 Å². The first-order valence-electron chi connectivity index (χ1n) is 11.6. The van der Waals surface area contributed by atoms with Crippen molar-refractivity contribution in [3.63, 3.8) is 0 Å². The van der Waals surface area contributed by atoms with Crippen LogP contribution in [0, 0.1) is 11.6 Å². The molecule has 0 spiro atoms. The number of ether oxygens (including phenoxy) is 1. The fourth-order valence-corrected chi connectivity index (χ4v) is 4.43. The topological polar surface area (TPSA) is 68.3 Å². The van der Waals surface area contributed by atoms with Crippen LogP contribution >= 0.6 is 0 Å². The maximum Gasteiger partial charge on any atom is 0.339 e. The molecule has 0 aliphatic heterocycles. The lowest BCUT2D eigenvalue weighted by Crippen LogP contribution is -2.22. The van der Waals surface area contributed by atoms with Gasteiger partial charge in [-0.25, -0.2) is 18.6 Å². The third-order valence-electron chi connectivity index (χ3n) is 6.03. The number of carbonyl (C=O) groups is 2. The number of esters is 1. The quantitative estimate of drug-likeness (QED) is 0.343. The Morgan fingerprint density at radius 3 is 2.56 bits per heavy atom. The molecule has 0 bridgehead atoms. The Kier molecular flexibility index (Phi) is 6.54. The number of nitrogens with zero attached hydrogens (tertiary/aromatic N) is 1. The van der Waals surface area contributed by atoms with Gasteiger partial charge in [-0.05, 0) is 78.4 Å². The van der Waals surface area contributed by atoms with Crippen LogP contribution in [-0.2, 0) is 16.0 Å². The van der Waals surface area contributed by atoms with E-state index in [1.165, 1.54) is 30.3 Å². The van der Waals surface area contributed by atoms with Crippen molar-refractivity contribution in [3.8, 4) is 0 Å². The van der Waals surface area contributed by atoms with Crippen LogP contribution in [-0.4, -0.2) is 23.5 Å². The van der Waals surface area contributed by atoms with Crippen molar-refractivity contribution < 1.29 is 23.1 Å². The number of benzene rings is 3. The number of halogens is 2. The van der Waals surface area contributed by atoms with Gasteiger partial charge in [0.2, 0.25) is 0 Å². The number of nitrogens with one attached hydrogen (secondary N) is 1. The summed E-state index contributed by atoms with van der Waals surface area (Å²) in [5, 5.41) is 3.17. The molecule has 4 aromatic rings. The van der Waals surface area contributed by atoms with Crippen molar-refractivity contribution in [1.82, 2.24) is 4.98 Å². The minimum atomic E-state index is -0.623. The van der Waals surface area contributed by atoms with Gasteiger partial charge in [0.25, 0.3) is 5.91 Å². The number of carbonyl (C=O) groups excluding carboxylic acids is 2. The lowest BCUT2D eigenvalue weighted by atomic mass is 9.86. The zero-order valence-corrected chi connectivity index (χ0v) is 19.3. The number of para-hydroxylation sites is 1. The molecule has 0 fully saturated rings.